The van der Waals surface area contributed by atoms with Crippen molar-refractivity contribution in [2.45, 2.75) is 12.8 Å². The number of benzene rings is 2. The molecule has 4 rings (SSSR count). The smallest absolute Gasteiger partial charge is 0.329 e. The average molecular weight is 443 g/mol. The molecule has 9 heteroatoms. The molecule has 0 aliphatic carbocycles. The van der Waals surface area contributed by atoms with Crippen LogP contribution < -0.4 is 15.5 Å². The molecule has 2 heterocycles. The fourth-order valence-electron chi connectivity index (χ4n) is 3.59. The van der Waals surface area contributed by atoms with Gasteiger partial charge in [-0.2, -0.15) is 0 Å². The average Bonchev–Trinajstić information content (AvgIpc) is 3.35. The first-order valence-electron chi connectivity index (χ1n) is 9.85. The van der Waals surface area contributed by atoms with E-state index in [1.807, 2.05) is 4.90 Å². The molecule has 2 saturated heterocycles. The Labute approximate surface area is 183 Å². The van der Waals surface area contributed by atoms with Crippen molar-refractivity contribution in [3.05, 3.63) is 64.6 Å². The second-order valence-corrected chi connectivity index (χ2v) is 7.78. The van der Waals surface area contributed by atoms with E-state index in [1.165, 1.54) is 12.1 Å². The first kappa shape index (κ1) is 20.9. The molecule has 31 heavy (non-hydrogen) atoms. The lowest BCUT2D eigenvalue weighted by Crippen LogP contribution is -2.38. The summed E-state index contributed by atoms with van der Waals surface area (Å²) in [5, 5.41) is 5.55. The van der Waals surface area contributed by atoms with Crippen LogP contribution in [0.25, 0.3) is 6.08 Å². The first-order valence-corrected chi connectivity index (χ1v) is 10.2. The number of anilines is 2. The van der Waals surface area contributed by atoms with Crippen LogP contribution in [0.2, 0.25) is 5.02 Å². The van der Waals surface area contributed by atoms with Crippen molar-refractivity contribution in [1.29, 1.82) is 0 Å². The van der Waals surface area contributed by atoms with E-state index >= 15 is 0 Å². The molecule has 160 valence electrons. The third-order valence-electron chi connectivity index (χ3n) is 5.12. The van der Waals surface area contributed by atoms with E-state index in [0.29, 0.717) is 22.0 Å². The summed E-state index contributed by atoms with van der Waals surface area (Å²) < 4.78 is 14.5. The van der Waals surface area contributed by atoms with Crippen molar-refractivity contribution in [3.8, 4) is 0 Å². The number of urea groups is 1. The van der Waals surface area contributed by atoms with E-state index in [0.717, 1.165) is 30.8 Å². The Morgan fingerprint density at radius 1 is 1.13 bits per heavy atom. The van der Waals surface area contributed by atoms with Crippen LogP contribution in [0.3, 0.4) is 0 Å². The van der Waals surface area contributed by atoms with Gasteiger partial charge in [-0.3, -0.25) is 9.59 Å². The zero-order valence-electron chi connectivity index (χ0n) is 16.5. The second-order valence-electron chi connectivity index (χ2n) is 7.34. The van der Waals surface area contributed by atoms with E-state index in [1.54, 1.807) is 36.4 Å². The molecule has 0 unspecified atom stereocenters. The predicted molar refractivity (Wildman–Crippen MR) is 116 cm³/mol. The number of imide groups is 1. The maximum Gasteiger partial charge on any atom is 0.329 e. The Bertz CT molecular complexity index is 1060. The molecule has 0 bridgehead atoms. The molecule has 7 nitrogen and oxygen atoms in total. The van der Waals surface area contributed by atoms with Crippen LogP contribution in [0.1, 0.15) is 18.4 Å². The molecule has 2 N–H and O–H groups in total. The molecule has 0 atom stereocenters. The number of nitrogens with zero attached hydrogens (tertiary/aromatic N) is 2. The number of carbonyl (C=O) groups is 3. The van der Waals surface area contributed by atoms with E-state index in [4.69, 9.17) is 11.6 Å². The summed E-state index contributed by atoms with van der Waals surface area (Å²) in [5.41, 5.74) is 1.45. The van der Waals surface area contributed by atoms with Gasteiger partial charge in [-0.05, 0) is 60.9 Å². The van der Waals surface area contributed by atoms with Gasteiger partial charge in [0, 0.05) is 23.8 Å². The van der Waals surface area contributed by atoms with Gasteiger partial charge in [0.2, 0.25) is 5.91 Å². The van der Waals surface area contributed by atoms with Crippen LogP contribution in [0.5, 0.6) is 0 Å². The van der Waals surface area contributed by atoms with Gasteiger partial charge in [-0.1, -0.05) is 17.7 Å². The molecular weight excluding hydrogens is 423 g/mol. The lowest BCUT2D eigenvalue weighted by atomic mass is 10.1. The monoisotopic (exact) mass is 442 g/mol. The standard InChI is InChI=1S/C22H20ClFN4O3/c23-15-4-6-16(7-5-15)25-20(29)13-28-21(30)18(26-22(28)31)12-14-3-8-19(17(24)11-14)27-9-1-2-10-27/h3-8,11-12H,1-2,9-10,13H2,(H,25,29)(H,26,31)/b18-12-. The maximum absolute atomic E-state index is 14.5. The first-order chi connectivity index (χ1) is 14.9. The molecule has 4 amide bonds. The van der Waals surface area contributed by atoms with Crippen LogP contribution in [0.15, 0.2) is 48.2 Å². The van der Waals surface area contributed by atoms with Gasteiger partial charge in [0.05, 0.1) is 5.69 Å². The number of rotatable bonds is 5. The fourth-order valence-corrected chi connectivity index (χ4v) is 3.71. The molecule has 2 aliphatic rings. The number of halogens is 2. The van der Waals surface area contributed by atoms with E-state index in [2.05, 4.69) is 10.6 Å². The molecule has 0 spiro atoms. The third kappa shape index (κ3) is 4.69. The Hall–Kier alpha value is -3.39. The largest absolute Gasteiger partial charge is 0.369 e. The van der Waals surface area contributed by atoms with Gasteiger partial charge in [-0.25, -0.2) is 14.1 Å². The molecular formula is C22H20ClFN4O3. The topological polar surface area (TPSA) is 81.8 Å². The van der Waals surface area contributed by atoms with E-state index < -0.39 is 24.4 Å². The molecule has 0 aromatic heterocycles. The molecule has 0 saturated carbocycles. The Balaban J connectivity index is 1.43. The fraction of sp³-hybridized carbons (Fsp3) is 0.227. The van der Waals surface area contributed by atoms with Crippen LogP contribution in [0.4, 0.5) is 20.6 Å². The Morgan fingerprint density at radius 3 is 2.52 bits per heavy atom. The molecule has 0 radical (unpaired) electrons. The van der Waals surface area contributed by atoms with Gasteiger partial charge in [0.15, 0.2) is 0 Å². The van der Waals surface area contributed by atoms with E-state index in [9.17, 15) is 18.8 Å². The molecule has 2 aromatic carbocycles. The van der Waals surface area contributed by atoms with Crippen LogP contribution in [-0.4, -0.2) is 42.4 Å². The third-order valence-corrected chi connectivity index (χ3v) is 5.37. The molecule has 2 aromatic rings. The van der Waals surface area contributed by atoms with Crippen molar-refractivity contribution < 1.29 is 18.8 Å². The zero-order valence-corrected chi connectivity index (χ0v) is 17.3. The lowest BCUT2D eigenvalue weighted by molar-refractivity contribution is -0.127. The summed E-state index contributed by atoms with van der Waals surface area (Å²) in [4.78, 5) is 39.8. The number of nitrogens with one attached hydrogen (secondary N) is 2. The quantitative estimate of drug-likeness (QED) is 0.547. The predicted octanol–water partition coefficient (Wildman–Crippen LogP) is 3.61. The summed E-state index contributed by atoms with van der Waals surface area (Å²) in [6.45, 7) is 1.19. The van der Waals surface area contributed by atoms with Crippen LogP contribution in [-0.2, 0) is 9.59 Å². The molecule has 2 aliphatic heterocycles. The number of amides is 4. The normalized spacial score (nSPS) is 17.4. The van der Waals surface area contributed by atoms with Gasteiger partial charge in [-0.15, -0.1) is 0 Å². The summed E-state index contributed by atoms with van der Waals surface area (Å²) in [6.07, 6.45) is 3.47. The van der Waals surface area contributed by atoms with Crippen LogP contribution in [0, 0.1) is 5.82 Å². The van der Waals surface area contributed by atoms with Crippen molar-refractivity contribution >= 4 is 46.9 Å². The van der Waals surface area contributed by atoms with Crippen molar-refractivity contribution in [1.82, 2.24) is 10.2 Å². The molecule has 2 fully saturated rings. The Morgan fingerprint density at radius 2 is 1.84 bits per heavy atom. The summed E-state index contributed by atoms with van der Waals surface area (Å²) in [7, 11) is 0. The van der Waals surface area contributed by atoms with Crippen molar-refractivity contribution in [3.63, 3.8) is 0 Å². The summed E-state index contributed by atoms with van der Waals surface area (Å²) in [5.74, 6) is -1.57. The summed E-state index contributed by atoms with van der Waals surface area (Å²) >= 11 is 5.81. The Kier molecular flexibility index (Phi) is 5.90. The number of carbonyl (C=O) groups excluding carboxylic acids is 3. The van der Waals surface area contributed by atoms with E-state index in [-0.39, 0.29) is 11.5 Å². The SMILES string of the molecule is O=C(CN1C(=O)N/C(=C\c2ccc(N3CCCC3)c(F)c2)C1=O)Nc1ccc(Cl)cc1. The van der Waals surface area contributed by atoms with Gasteiger partial charge in [0.25, 0.3) is 5.91 Å². The minimum atomic E-state index is -0.711. The second kappa shape index (κ2) is 8.77. The summed E-state index contributed by atoms with van der Waals surface area (Å²) in [6, 6.07) is 10.4. The van der Waals surface area contributed by atoms with Crippen molar-refractivity contribution in [2.75, 3.05) is 29.9 Å². The van der Waals surface area contributed by atoms with Crippen LogP contribution >= 0.6 is 11.6 Å². The van der Waals surface area contributed by atoms with Gasteiger partial charge < -0.3 is 15.5 Å². The minimum absolute atomic E-state index is 0.0161. The highest BCUT2D eigenvalue weighted by Crippen LogP contribution is 2.25. The van der Waals surface area contributed by atoms with Gasteiger partial charge >= 0.3 is 6.03 Å². The zero-order chi connectivity index (χ0) is 22.0. The highest BCUT2D eigenvalue weighted by molar-refractivity contribution is 6.30. The van der Waals surface area contributed by atoms with Gasteiger partial charge in [0.1, 0.15) is 18.1 Å². The lowest BCUT2D eigenvalue weighted by Gasteiger charge is -2.18. The maximum atomic E-state index is 14.5. The number of hydrogen-bond donors (Lipinski definition) is 2. The number of hydrogen-bond acceptors (Lipinski definition) is 4. The minimum Gasteiger partial charge on any atom is -0.369 e. The van der Waals surface area contributed by atoms with Crippen molar-refractivity contribution in [2.24, 2.45) is 0 Å². The highest BCUT2D eigenvalue weighted by atomic mass is 35.5. The highest BCUT2D eigenvalue weighted by Gasteiger charge is 2.35.